The smallest absolute Gasteiger partial charge is 0.167 e. The predicted molar refractivity (Wildman–Crippen MR) is 397 cm³/mol. The van der Waals surface area contributed by atoms with Crippen molar-refractivity contribution in [2.45, 2.75) is 320 Å². The van der Waals surface area contributed by atoms with Crippen molar-refractivity contribution in [2.75, 3.05) is 26.4 Å². The Bertz CT molecular complexity index is 2650. The van der Waals surface area contributed by atoms with Gasteiger partial charge in [0.15, 0.2) is 34.7 Å². The lowest BCUT2D eigenvalue weighted by molar-refractivity contribution is -0.144. The molecule has 95 heavy (non-hydrogen) atoms. The molecule has 0 aromatic rings. The Labute approximate surface area is 583 Å². The maximum absolute atomic E-state index is 12.2. The van der Waals surface area contributed by atoms with E-state index in [1.54, 1.807) is 60.6 Å². The Kier molecular flexibility index (Phi) is 33.1. The van der Waals surface area contributed by atoms with E-state index in [1.165, 1.54) is 11.1 Å². The lowest BCUT2D eigenvalue weighted by Gasteiger charge is -2.40. The number of ketones is 6. The van der Waals surface area contributed by atoms with Crippen molar-refractivity contribution in [1.82, 2.24) is 0 Å². The van der Waals surface area contributed by atoms with Crippen molar-refractivity contribution in [3.63, 3.8) is 0 Å². The molecule has 0 radical (unpaired) electrons. The Morgan fingerprint density at radius 3 is 1.03 bits per heavy atom. The molecule has 0 heterocycles. The van der Waals surface area contributed by atoms with Crippen LogP contribution in [0.15, 0.2) is 46.6 Å². The van der Waals surface area contributed by atoms with E-state index >= 15 is 0 Å². The van der Waals surface area contributed by atoms with E-state index in [0.29, 0.717) is 43.2 Å². The average molecular weight is 1340 g/mol. The molecular formula is C83H150O12. The molecule has 0 aromatic carbocycles. The van der Waals surface area contributed by atoms with E-state index < -0.39 is 39.3 Å². The van der Waals surface area contributed by atoms with Crippen LogP contribution >= 0.6 is 0 Å². The van der Waals surface area contributed by atoms with E-state index in [9.17, 15) is 59.4 Å². The fourth-order valence-electron chi connectivity index (χ4n) is 11.4. The number of hydrogen-bond donors (Lipinski definition) is 6. The van der Waals surface area contributed by atoms with Crippen LogP contribution in [-0.2, 0) is 28.8 Å². The highest BCUT2D eigenvalue weighted by Crippen LogP contribution is 2.54. The van der Waals surface area contributed by atoms with Gasteiger partial charge in [0.25, 0.3) is 0 Å². The van der Waals surface area contributed by atoms with Gasteiger partial charge in [-0.05, 0) is 131 Å². The summed E-state index contributed by atoms with van der Waals surface area (Å²) in [6.07, 6.45) is 11.4. The summed E-state index contributed by atoms with van der Waals surface area (Å²) in [7, 11) is 0. The number of aliphatic hydroxyl groups excluding tert-OH is 6. The van der Waals surface area contributed by atoms with Gasteiger partial charge in [0.1, 0.15) is 12.2 Å². The van der Waals surface area contributed by atoms with Gasteiger partial charge in [-0.2, -0.15) is 0 Å². The number of allylic oxidation sites excluding steroid dienone is 8. The topological polar surface area (TPSA) is 224 Å². The molecule has 4 aliphatic carbocycles. The molecule has 0 aliphatic heterocycles. The molecule has 0 amide bonds. The Hall–Kier alpha value is -3.26. The first kappa shape index (κ1) is 93.8. The molecular weight excluding hydrogens is 1190 g/mol. The van der Waals surface area contributed by atoms with Crippen LogP contribution in [0, 0.1) is 99.0 Å². The summed E-state index contributed by atoms with van der Waals surface area (Å²) in [5.41, 5.74) is 1.90. The second-order valence-electron chi connectivity index (χ2n) is 40.9. The molecule has 12 heteroatoms. The predicted octanol–water partition coefficient (Wildman–Crippen LogP) is 18.3. The third-order valence-electron chi connectivity index (χ3n) is 21.7. The van der Waals surface area contributed by atoms with Crippen LogP contribution in [0.1, 0.15) is 308 Å². The van der Waals surface area contributed by atoms with Gasteiger partial charge in [-0.3, -0.25) is 28.8 Å². The first-order valence-corrected chi connectivity index (χ1v) is 35.7. The second-order valence-corrected chi connectivity index (χ2v) is 40.9. The third-order valence-corrected chi connectivity index (χ3v) is 21.7. The van der Waals surface area contributed by atoms with Gasteiger partial charge in [0.2, 0.25) is 0 Å². The fraction of sp³-hybridized carbons (Fsp3) is 0.831. The van der Waals surface area contributed by atoms with E-state index in [2.05, 4.69) is 173 Å². The normalized spacial score (nSPS) is 24.0. The maximum atomic E-state index is 12.2. The molecule has 8 atom stereocenters. The highest BCUT2D eigenvalue weighted by Gasteiger charge is 2.53. The molecule has 0 aromatic heterocycles. The molecule has 0 saturated heterocycles. The SMILES string of the molecule is CC(C)(C)C1=CC(=O)[C@](C)(C(C)(C)C)C1.CC(C)(C)C1=CC(=O)[C@](CO)(C(C)(C)C)C1.CC(C)(C)CC[C@@H](CO)[C@H](O)C(=O)C(C)(C)C.CC(C)(C)CC[C@@](C)(CO)[C@@H](O)C(=O)C(C)(C)C.CC(C)[C@@]1(C)CC(C(C)(C)C)=CC1=O.CC(C)[C@@]1(CO)CC(C(C)(C)C)=CC1=O. The van der Waals surface area contributed by atoms with Gasteiger partial charge in [0.05, 0.1) is 30.7 Å². The van der Waals surface area contributed by atoms with Gasteiger partial charge < -0.3 is 30.6 Å². The summed E-state index contributed by atoms with van der Waals surface area (Å²) >= 11 is 0. The monoisotopic (exact) mass is 1340 g/mol. The number of hydrogen-bond acceptors (Lipinski definition) is 12. The van der Waals surface area contributed by atoms with Crippen LogP contribution in [0.5, 0.6) is 0 Å². The third kappa shape index (κ3) is 26.3. The van der Waals surface area contributed by atoms with E-state index in [4.69, 9.17) is 0 Å². The molecule has 0 saturated carbocycles. The van der Waals surface area contributed by atoms with Crippen molar-refractivity contribution < 1.29 is 59.4 Å². The van der Waals surface area contributed by atoms with Crippen molar-refractivity contribution in [2.24, 2.45) is 99.0 Å². The maximum Gasteiger partial charge on any atom is 0.167 e. The summed E-state index contributed by atoms with van der Waals surface area (Å²) in [5.74, 6) is 0.686. The van der Waals surface area contributed by atoms with Crippen LogP contribution in [0.2, 0.25) is 0 Å². The zero-order valence-corrected chi connectivity index (χ0v) is 68.3. The molecule has 4 aliphatic rings. The molecule has 6 N–H and O–H groups in total. The lowest BCUT2D eigenvalue weighted by atomic mass is 9.63. The molecule has 0 unspecified atom stereocenters. The van der Waals surface area contributed by atoms with Gasteiger partial charge in [-0.1, -0.05) is 278 Å². The number of aliphatic hydroxyl groups is 6. The summed E-state index contributed by atoms with van der Waals surface area (Å²) in [5, 5.41) is 58.2. The molecule has 12 nitrogen and oxygen atoms in total. The number of carbonyl (C=O) groups is 6. The Morgan fingerprint density at radius 1 is 0.432 bits per heavy atom. The van der Waals surface area contributed by atoms with Crippen LogP contribution in [-0.4, -0.2) is 104 Å². The molecule has 0 fully saturated rings. The summed E-state index contributed by atoms with van der Waals surface area (Å²) < 4.78 is 0. The van der Waals surface area contributed by atoms with Gasteiger partial charge in [-0.15, -0.1) is 0 Å². The van der Waals surface area contributed by atoms with Crippen molar-refractivity contribution >= 4 is 34.7 Å². The first-order chi connectivity index (χ1) is 41.8. The lowest BCUT2D eigenvalue weighted by Crippen LogP contribution is -2.46. The standard InChI is InChI=1S/C15H30O3.C14H28O3.C14H24O2.C14H24O.C13H22O2.C13H22O/c1-13(2,3)8-9-15(7,10-16)12(18)11(17)14(4,5)6;1-13(2,3)8-7-10(9-15)11(16)12(17)14(4,5)6;1-12(2,3)10-7-11(16)14(8-10,9-15)13(4,5)6;1-12(2,3)10-8-11(15)14(7,9-10)13(4,5)6;1-9(2)13(8-14)7-10(6-11(13)15)12(3,4)5;1-9(2)13(6)8-10(7-11(13)14)12(3,4)5/h12,16,18H,8-10H2,1-7H3;10-11,15-16H,7-9H2,1-6H3;7,15H,8-9H2,1-6H3;8H,9H2,1-7H3;6,9,14H,7-8H2,1-5H3;7,9H,8H2,1-6H3/t12-,15-;10-,11-;2*14-;2*13-/m000101/s1. The van der Waals surface area contributed by atoms with E-state index in [-0.39, 0.29) is 116 Å². The number of Topliss-reactive ketones (excluding diaryl/α,β-unsaturated/α-hetero) is 2. The quantitative estimate of drug-likeness (QED) is 0.0956. The minimum absolute atomic E-state index is 0.0117. The second kappa shape index (κ2) is 33.5. The minimum atomic E-state index is -1.11. The molecule has 554 valence electrons. The van der Waals surface area contributed by atoms with Gasteiger partial charge in [0, 0.05) is 39.6 Å². The van der Waals surface area contributed by atoms with Crippen LogP contribution in [0.3, 0.4) is 0 Å². The van der Waals surface area contributed by atoms with Gasteiger partial charge >= 0.3 is 0 Å². The van der Waals surface area contributed by atoms with Crippen molar-refractivity contribution in [1.29, 1.82) is 0 Å². The van der Waals surface area contributed by atoms with Gasteiger partial charge in [-0.25, -0.2) is 0 Å². The van der Waals surface area contributed by atoms with Crippen molar-refractivity contribution in [3.8, 4) is 0 Å². The summed E-state index contributed by atoms with van der Waals surface area (Å²) in [4.78, 5) is 72.3. The van der Waals surface area contributed by atoms with E-state index in [1.807, 2.05) is 46.8 Å². The average Bonchev–Trinajstić information content (AvgIpc) is 1.64. The molecule has 0 spiro atoms. The van der Waals surface area contributed by atoms with Crippen molar-refractivity contribution in [3.05, 3.63) is 46.6 Å². The summed E-state index contributed by atoms with van der Waals surface area (Å²) in [6.45, 7) is 75.6. The Balaban J connectivity index is 0. The minimum Gasteiger partial charge on any atom is -0.396 e. The van der Waals surface area contributed by atoms with E-state index in [0.717, 1.165) is 36.8 Å². The summed E-state index contributed by atoms with van der Waals surface area (Å²) in [6, 6.07) is 0. The van der Waals surface area contributed by atoms with Crippen LogP contribution in [0.4, 0.5) is 0 Å². The number of rotatable bonds is 14. The highest BCUT2D eigenvalue weighted by atomic mass is 16.3. The highest BCUT2D eigenvalue weighted by molar-refractivity contribution is 6.00. The Morgan fingerprint density at radius 2 is 0.800 bits per heavy atom. The zero-order valence-electron chi connectivity index (χ0n) is 68.3. The largest absolute Gasteiger partial charge is 0.396 e. The van der Waals surface area contributed by atoms with Crippen LogP contribution < -0.4 is 0 Å². The molecule has 0 bridgehead atoms. The first-order valence-electron chi connectivity index (χ1n) is 35.7. The fourth-order valence-corrected chi connectivity index (χ4v) is 11.4. The molecule has 4 rings (SSSR count). The number of carbonyl (C=O) groups excluding carboxylic acids is 6. The zero-order chi connectivity index (χ0) is 76.5. The van der Waals surface area contributed by atoms with Crippen LogP contribution in [0.25, 0.3) is 0 Å².